The van der Waals surface area contributed by atoms with Gasteiger partial charge in [0.1, 0.15) is 6.23 Å². The summed E-state index contributed by atoms with van der Waals surface area (Å²) >= 11 is 0. The Kier molecular flexibility index (Phi) is 6.94. The molecule has 8 rings (SSSR count). The second-order valence-corrected chi connectivity index (χ2v) is 10.7. The summed E-state index contributed by atoms with van der Waals surface area (Å²) in [5.41, 5.74) is 5.41. The molecule has 2 aromatic heterocycles. The van der Waals surface area contributed by atoms with Gasteiger partial charge in [-0.2, -0.15) is 7.05 Å². The molecule has 5 heterocycles. The Morgan fingerprint density at radius 1 is 1.12 bits per heavy atom. The van der Waals surface area contributed by atoms with E-state index in [0.29, 0.717) is 13.0 Å². The van der Waals surface area contributed by atoms with E-state index in [1.165, 1.54) is 7.05 Å². The van der Waals surface area contributed by atoms with E-state index in [4.69, 9.17) is 14.8 Å². The molecule has 41 heavy (non-hydrogen) atoms. The van der Waals surface area contributed by atoms with Gasteiger partial charge in [-0.3, -0.25) is 4.79 Å². The number of ether oxygens (including phenoxy) is 2. The van der Waals surface area contributed by atoms with Crippen molar-refractivity contribution in [3.8, 4) is 0 Å². The predicted octanol–water partition coefficient (Wildman–Crippen LogP) is 4.70. The van der Waals surface area contributed by atoms with Gasteiger partial charge in [0.2, 0.25) is 0 Å². The quantitative estimate of drug-likeness (QED) is 0.278. The number of para-hydroxylation sites is 2. The number of aromatic nitrogens is 2. The summed E-state index contributed by atoms with van der Waals surface area (Å²) in [6.45, 7) is 5.66. The fraction of sp³-hybridized carbons (Fsp3) is 0.323. The second kappa shape index (κ2) is 10.1. The smallest absolute Gasteiger partial charge is 0.252 e. The maximum atomic E-state index is 13.3. The summed E-state index contributed by atoms with van der Waals surface area (Å²) in [7, 11) is 5.16. The number of carbonyl (C=O) groups excluding carboxylic acids is 2. The molecular formula is C31H31N5O4Y-2. The zero-order valence-corrected chi connectivity index (χ0v) is 26.4. The third-order valence-corrected chi connectivity index (χ3v) is 8.81. The molecule has 1 radical (unpaired) electrons. The first kappa shape index (κ1) is 28.2. The third kappa shape index (κ3) is 3.69. The van der Waals surface area contributed by atoms with E-state index in [1.54, 1.807) is 7.11 Å². The molecule has 3 aliphatic heterocycles. The van der Waals surface area contributed by atoms with Crippen LogP contribution in [0.5, 0.6) is 0 Å². The molecule has 0 aliphatic carbocycles. The number of amides is 2. The Hall–Kier alpha value is -2.95. The van der Waals surface area contributed by atoms with Crippen LogP contribution in [0, 0.1) is 6.92 Å². The molecule has 2 bridgehead atoms. The number of benzene rings is 3. The third-order valence-electron chi connectivity index (χ3n) is 8.81. The first-order valence-electron chi connectivity index (χ1n) is 13.5. The van der Waals surface area contributed by atoms with Gasteiger partial charge in [-0.1, -0.05) is 36.4 Å². The first-order valence-corrected chi connectivity index (χ1v) is 13.5. The number of likely N-dealkylation sites (N-methyl/N-ethyl adjacent to an activating group) is 1. The topological polar surface area (TPSA) is 101 Å². The van der Waals surface area contributed by atoms with E-state index >= 15 is 0 Å². The van der Waals surface area contributed by atoms with Crippen LogP contribution in [0.4, 0.5) is 0 Å². The van der Waals surface area contributed by atoms with Gasteiger partial charge in [-0.05, 0) is 31.0 Å². The van der Waals surface area contributed by atoms with Gasteiger partial charge >= 0.3 is 0 Å². The largest absolute Gasteiger partial charge is 0.660 e. The van der Waals surface area contributed by atoms with E-state index < -0.39 is 5.72 Å². The maximum Gasteiger partial charge on any atom is 0.252 e. The van der Waals surface area contributed by atoms with Crippen molar-refractivity contribution in [2.24, 2.45) is 0 Å². The molecule has 0 unspecified atom stereocenters. The van der Waals surface area contributed by atoms with Crippen LogP contribution in [0.1, 0.15) is 35.5 Å². The predicted molar refractivity (Wildman–Crippen MR) is 155 cm³/mol. The fourth-order valence-corrected chi connectivity index (χ4v) is 7.27. The summed E-state index contributed by atoms with van der Waals surface area (Å²) in [5, 5.41) is 14.5. The molecule has 2 N–H and O–H groups in total. The van der Waals surface area contributed by atoms with Crippen LogP contribution >= 0.6 is 0 Å². The molecule has 10 heteroatoms. The molecule has 4 atom stereocenters. The van der Waals surface area contributed by atoms with Crippen molar-refractivity contribution in [1.82, 2.24) is 19.8 Å². The molecule has 209 valence electrons. The summed E-state index contributed by atoms with van der Waals surface area (Å²) < 4.78 is 17.9. The van der Waals surface area contributed by atoms with Crippen molar-refractivity contribution in [1.29, 1.82) is 0 Å². The average Bonchev–Trinajstić information content (AvgIpc) is 3.60. The van der Waals surface area contributed by atoms with Gasteiger partial charge in [-0.15, -0.1) is 6.04 Å². The number of methoxy groups -OCH3 is 1. The van der Waals surface area contributed by atoms with E-state index in [1.807, 2.05) is 13.1 Å². The molecule has 5 aromatic rings. The van der Waals surface area contributed by atoms with Gasteiger partial charge < -0.3 is 46.3 Å². The van der Waals surface area contributed by atoms with Crippen LogP contribution in [-0.4, -0.2) is 54.3 Å². The van der Waals surface area contributed by atoms with Crippen LogP contribution in [-0.2, 0) is 59.2 Å². The summed E-state index contributed by atoms with van der Waals surface area (Å²) in [5.74, 6) is -0.248. The number of nitrogens with one attached hydrogen (secondary N) is 2. The van der Waals surface area contributed by atoms with Crippen molar-refractivity contribution in [2.75, 3.05) is 21.2 Å². The monoisotopic (exact) mass is 626 g/mol. The Bertz CT molecular complexity index is 1880. The number of carbonyl (C=O) groups is 2. The summed E-state index contributed by atoms with van der Waals surface area (Å²) in [4.78, 5) is 22.9. The standard InChI is InChI=1S/C28H25N4O3.C3H6NO.Y/c1-28-26(34-3)17(29-2)12-20(35-28)31-18-10-6-4-8-14(18)22-23-16(13-30-27(23)33)21-15-9-5-7-11-19(15)32(28)25(21)24(22)31;1-3(5)4-2;/h4-11,17,20,26H,12-13H2,1-3H3,(H,30,33);1H2,2H3,(H,4,5);/q2*-1;/t17-,20-,26-,28+;;/m1../s1. The zero-order valence-electron chi connectivity index (χ0n) is 23.5. The second-order valence-electron chi connectivity index (χ2n) is 10.7. The molecule has 3 aliphatic rings. The molecule has 1 saturated heterocycles. The van der Waals surface area contributed by atoms with Gasteiger partial charge in [0.15, 0.2) is 5.72 Å². The molecular weight excluding hydrogens is 595 g/mol. The molecule has 0 saturated carbocycles. The minimum absolute atomic E-state index is 0. The van der Waals surface area contributed by atoms with Crippen molar-refractivity contribution >= 4 is 55.4 Å². The number of nitrogens with zero attached hydrogens (tertiary/aromatic N) is 3. The Morgan fingerprint density at radius 2 is 1.76 bits per heavy atom. The SMILES string of the molecule is C[N-][C@@H]1C[C@H]2O[C@@](C)([C@@H]1OC)n1c3ccccc3c3c4c(c5c6ccccc6n2c5c31)C(=O)NC4.[CH2-]C(=O)NC.[Y]. The Balaban J connectivity index is 0.000000467. The van der Waals surface area contributed by atoms with E-state index in [0.717, 1.165) is 54.7 Å². The van der Waals surface area contributed by atoms with Gasteiger partial charge in [0.05, 0.1) is 39.6 Å². The van der Waals surface area contributed by atoms with E-state index in [9.17, 15) is 9.59 Å². The first-order chi connectivity index (χ1) is 19.3. The van der Waals surface area contributed by atoms with E-state index in [-0.39, 0.29) is 62.9 Å². The normalized spacial score (nSPS) is 24.1. The number of hydrogen-bond acceptors (Lipinski definition) is 4. The summed E-state index contributed by atoms with van der Waals surface area (Å²) in [6.07, 6.45) is 0.194. The Morgan fingerprint density at radius 3 is 2.39 bits per heavy atom. The van der Waals surface area contributed by atoms with Crippen LogP contribution in [0.15, 0.2) is 48.5 Å². The van der Waals surface area contributed by atoms with Crippen LogP contribution in [0.3, 0.4) is 0 Å². The van der Waals surface area contributed by atoms with Crippen LogP contribution in [0.25, 0.3) is 48.9 Å². The van der Waals surface area contributed by atoms with Crippen molar-refractivity contribution in [3.63, 3.8) is 0 Å². The average molecular weight is 627 g/mol. The van der Waals surface area contributed by atoms with Crippen molar-refractivity contribution in [2.45, 2.75) is 44.0 Å². The van der Waals surface area contributed by atoms with E-state index in [2.05, 4.69) is 76.1 Å². The fourth-order valence-electron chi connectivity index (χ4n) is 7.27. The zero-order chi connectivity index (χ0) is 27.9. The Labute approximate surface area is 262 Å². The molecule has 2 amide bonds. The van der Waals surface area contributed by atoms with Crippen molar-refractivity contribution in [3.05, 3.63) is 71.9 Å². The molecule has 3 aromatic carbocycles. The van der Waals surface area contributed by atoms with Gasteiger partial charge in [-0.25, -0.2) is 0 Å². The summed E-state index contributed by atoms with van der Waals surface area (Å²) in [6, 6.07) is 16.8. The minimum Gasteiger partial charge on any atom is -0.660 e. The van der Waals surface area contributed by atoms with Gasteiger partial charge in [0, 0.05) is 75.0 Å². The maximum absolute atomic E-state index is 13.3. The molecule has 1 fully saturated rings. The number of hydrogen-bond donors (Lipinski definition) is 2. The number of fused-ring (bicyclic) bond motifs is 13. The van der Waals surface area contributed by atoms with Crippen molar-refractivity contribution < 1.29 is 51.8 Å². The molecule has 9 nitrogen and oxygen atoms in total. The van der Waals surface area contributed by atoms with Gasteiger partial charge in [0.25, 0.3) is 5.91 Å². The molecule has 0 spiro atoms. The van der Waals surface area contributed by atoms with Crippen LogP contribution < -0.4 is 10.6 Å². The minimum atomic E-state index is -0.791. The number of rotatable bonds is 2. The van der Waals surface area contributed by atoms with Crippen LogP contribution in [0.2, 0.25) is 0 Å².